The molecule has 0 radical (unpaired) electrons. The number of anilines is 2. The Morgan fingerprint density at radius 3 is 2.74 bits per heavy atom. The second-order valence-corrected chi connectivity index (χ2v) is 8.18. The van der Waals surface area contributed by atoms with E-state index >= 15 is 0 Å². The van der Waals surface area contributed by atoms with Crippen LogP contribution in [0.2, 0.25) is 0 Å². The Morgan fingerprint density at radius 1 is 1.15 bits per heavy atom. The second kappa shape index (κ2) is 8.08. The predicted octanol–water partition coefficient (Wildman–Crippen LogP) is 2.77. The van der Waals surface area contributed by atoms with Crippen molar-refractivity contribution in [2.24, 2.45) is 5.92 Å². The van der Waals surface area contributed by atoms with E-state index in [1.54, 1.807) is 17.5 Å². The summed E-state index contributed by atoms with van der Waals surface area (Å²) in [5.74, 6) is 1.48. The minimum absolute atomic E-state index is 0.0315. The lowest BCUT2D eigenvalue weighted by Crippen LogP contribution is -2.36. The van der Waals surface area contributed by atoms with Crippen molar-refractivity contribution < 1.29 is 9.59 Å². The summed E-state index contributed by atoms with van der Waals surface area (Å²) in [5.41, 5.74) is 0.709. The van der Waals surface area contributed by atoms with Crippen LogP contribution in [0.15, 0.2) is 35.8 Å². The molecule has 2 aromatic rings. The Bertz CT molecular complexity index is 787. The number of rotatable bonds is 5. The van der Waals surface area contributed by atoms with Crippen LogP contribution < -0.4 is 10.2 Å². The molecule has 0 spiro atoms. The third-order valence-corrected chi connectivity index (χ3v) is 5.88. The van der Waals surface area contributed by atoms with Gasteiger partial charge < -0.3 is 15.1 Å². The van der Waals surface area contributed by atoms with Crippen molar-refractivity contribution in [3.63, 3.8) is 0 Å². The molecule has 1 saturated carbocycles. The van der Waals surface area contributed by atoms with E-state index in [1.165, 1.54) is 0 Å². The molecule has 142 valence electrons. The highest BCUT2D eigenvalue weighted by Crippen LogP contribution is 2.31. The minimum Gasteiger partial charge on any atom is -0.355 e. The van der Waals surface area contributed by atoms with E-state index in [-0.39, 0.29) is 11.8 Å². The van der Waals surface area contributed by atoms with Crippen LogP contribution in [0.3, 0.4) is 0 Å². The number of hydrogen-bond acceptors (Lipinski definition) is 5. The molecule has 2 fully saturated rings. The average molecular weight is 385 g/mol. The largest absolute Gasteiger partial charge is 0.355 e. The zero-order valence-corrected chi connectivity index (χ0v) is 16.1. The third-order valence-electron chi connectivity index (χ3n) is 5.00. The fraction of sp³-hybridized carbons (Fsp3) is 0.450. The standard InChI is InChI=1S/C20H24N4O2S/c25-19(13-17-3-1-12-27-17)22-16-6-7-18(21-14-16)23-8-2-9-24(11-10-23)20(26)15-4-5-15/h1,3,6-7,12,14-15H,2,4-5,8-11,13H2,(H,22,25). The summed E-state index contributed by atoms with van der Waals surface area (Å²) in [6.45, 7) is 3.29. The van der Waals surface area contributed by atoms with E-state index in [1.807, 2.05) is 34.5 Å². The van der Waals surface area contributed by atoms with Gasteiger partial charge in [0.2, 0.25) is 11.8 Å². The maximum absolute atomic E-state index is 12.3. The summed E-state index contributed by atoms with van der Waals surface area (Å²) >= 11 is 1.58. The molecule has 0 unspecified atom stereocenters. The first kappa shape index (κ1) is 18.0. The Morgan fingerprint density at radius 2 is 2.04 bits per heavy atom. The quantitative estimate of drug-likeness (QED) is 0.861. The molecule has 0 bridgehead atoms. The molecule has 1 aliphatic carbocycles. The molecule has 6 nitrogen and oxygen atoms in total. The first-order valence-corrected chi connectivity index (χ1v) is 10.4. The topological polar surface area (TPSA) is 65.5 Å². The van der Waals surface area contributed by atoms with Gasteiger partial charge in [-0.15, -0.1) is 11.3 Å². The van der Waals surface area contributed by atoms with Crippen LogP contribution in [0.25, 0.3) is 0 Å². The molecule has 2 aromatic heterocycles. The number of amides is 2. The van der Waals surface area contributed by atoms with Crippen molar-refractivity contribution in [1.29, 1.82) is 0 Å². The number of pyridine rings is 1. The van der Waals surface area contributed by atoms with Crippen LogP contribution in [-0.4, -0.2) is 47.9 Å². The molecule has 27 heavy (non-hydrogen) atoms. The number of hydrogen-bond donors (Lipinski definition) is 1. The van der Waals surface area contributed by atoms with Gasteiger partial charge in [0.25, 0.3) is 0 Å². The number of nitrogens with zero attached hydrogens (tertiary/aromatic N) is 3. The van der Waals surface area contributed by atoms with Gasteiger partial charge in [0, 0.05) is 37.0 Å². The van der Waals surface area contributed by atoms with Gasteiger partial charge in [0.15, 0.2) is 0 Å². The van der Waals surface area contributed by atoms with Crippen LogP contribution >= 0.6 is 11.3 Å². The van der Waals surface area contributed by atoms with Crippen molar-refractivity contribution in [3.8, 4) is 0 Å². The van der Waals surface area contributed by atoms with Crippen LogP contribution in [0, 0.1) is 5.92 Å². The average Bonchev–Trinajstić information content (AvgIpc) is 3.45. The van der Waals surface area contributed by atoms with Gasteiger partial charge >= 0.3 is 0 Å². The van der Waals surface area contributed by atoms with Crippen molar-refractivity contribution in [1.82, 2.24) is 9.88 Å². The molecule has 2 aliphatic rings. The first-order valence-electron chi connectivity index (χ1n) is 9.51. The van der Waals surface area contributed by atoms with Crippen molar-refractivity contribution >= 4 is 34.7 Å². The number of carbonyl (C=O) groups is 2. The highest BCUT2D eigenvalue weighted by molar-refractivity contribution is 7.10. The van der Waals surface area contributed by atoms with Gasteiger partial charge in [-0.25, -0.2) is 4.98 Å². The van der Waals surface area contributed by atoms with Gasteiger partial charge in [-0.2, -0.15) is 0 Å². The van der Waals surface area contributed by atoms with Gasteiger partial charge in [-0.3, -0.25) is 9.59 Å². The summed E-state index contributed by atoms with van der Waals surface area (Å²) in [6.07, 6.45) is 5.16. The fourth-order valence-electron chi connectivity index (χ4n) is 3.38. The maximum Gasteiger partial charge on any atom is 0.229 e. The summed E-state index contributed by atoms with van der Waals surface area (Å²) in [6, 6.07) is 7.75. The summed E-state index contributed by atoms with van der Waals surface area (Å²) in [5, 5.41) is 4.87. The summed E-state index contributed by atoms with van der Waals surface area (Å²) < 4.78 is 0. The molecular weight excluding hydrogens is 360 g/mol. The van der Waals surface area contributed by atoms with E-state index in [2.05, 4.69) is 15.2 Å². The molecule has 0 aromatic carbocycles. The van der Waals surface area contributed by atoms with Crippen LogP contribution in [0.5, 0.6) is 0 Å². The lowest BCUT2D eigenvalue weighted by atomic mass is 10.3. The van der Waals surface area contributed by atoms with Gasteiger partial charge in [0.05, 0.1) is 18.3 Å². The number of carbonyl (C=O) groups excluding carboxylic acids is 2. The van der Waals surface area contributed by atoms with Crippen molar-refractivity contribution in [2.45, 2.75) is 25.7 Å². The van der Waals surface area contributed by atoms with Gasteiger partial charge in [0.1, 0.15) is 5.82 Å². The molecule has 3 heterocycles. The predicted molar refractivity (Wildman–Crippen MR) is 107 cm³/mol. The summed E-state index contributed by atoms with van der Waals surface area (Å²) in [7, 11) is 0. The lowest BCUT2D eigenvalue weighted by molar-refractivity contribution is -0.132. The zero-order chi connectivity index (χ0) is 18.6. The van der Waals surface area contributed by atoms with Crippen LogP contribution in [0.4, 0.5) is 11.5 Å². The lowest BCUT2D eigenvalue weighted by Gasteiger charge is -2.23. The van der Waals surface area contributed by atoms with Crippen molar-refractivity contribution in [2.75, 3.05) is 36.4 Å². The first-order chi connectivity index (χ1) is 13.2. The van der Waals surface area contributed by atoms with Crippen molar-refractivity contribution in [3.05, 3.63) is 40.7 Å². The van der Waals surface area contributed by atoms with E-state index in [0.717, 1.165) is 56.1 Å². The SMILES string of the molecule is O=C(Cc1cccs1)Nc1ccc(N2CCCN(C(=O)C3CC3)CC2)nc1. The molecular formula is C20H24N4O2S. The Balaban J connectivity index is 1.31. The zero-order valence-electron chi connectivity index (χ0n) is 15.3. The molecule has 7 heteroatoms. The van der Waals surface area contributed by atoms with E-state index in [4.69, 9.17) is 0 Å². The van der Waals surface area contributed by atoms with Gasteiger partial charge in [-0.1, -0.05) is 6.07 Å². The molecule has 4 rings (SSSR count). The number of nitrogens with one attached hydrogen (secondary N) is 1. The minimum atomic E-state index is -0.0315. The molecule has 2 amide bonds. The Kier molecular flexibility index (Phi) is 5.38. The Hall–Kier alpha value is -2.41. The van der Waals surface area contributed by atoms with E-state index in [0.29, 0.717) is 18.0 Å². The van der Waals surface area contributed by atoms with Gasteiger partial charge in [-0.05, 0) is 42.8 Å². The number of thiophene rings is 1. The monoisotopic (exact) mass is 384 g/mol. The normalized spacial score (nSPS) is 17.5. The third kappa shape index (κ3) is 4.66. The second-order valence-electron chi connectivity index (χ2n) is 7.15. The van der Waals surface area contributed by atoms with Crippen LogP contribution in [-0.2, 0) is 16.0 Å². The maximum atomic E-state index is 12.3. The molecule has 0 atom stereocenters. The van der Waals surface area contributed by atoms with E-state index in [9.17, 15) is 9.59 Å². The highest BCUT2D eigenvalue weighted by Gasteiger charge is 2.33. The van der Waals surface area contributed by atoms with E-state index < -0.39 is 0 Å². The fourth-order valence-corrected chi connectivity index (χ4v) is 4.08. The Labute approximate surface area is 163 Å². The van der Waals surface area contributed by atoms with Crippen LogP contribution in [0.1, 0.15) is 24.1 Å². The molecule has 1 N–H and O–H groups in total. The summed E-state index contributed by atoms with van der Waals surface area (Å²) in [4.78, 5) is 34.2. The smallest absolute Gasteiger partial charge is 0.229 e. The highest BCUT2D eigenvalue weighted by atomic mass is 32.1. The number of aromatic nitrogens is 1. The molecule has 1 saturated heterocycles. The molecule has 1 aliphatic heterocycles.